The predicted molar refractivity (Wildman–Crippen MR) is 45.4 cm³/mol. The second-order valence-corrected chi connectivity index (χ2v) is 2.69. The molecule has 0 saturated heterocycles. The molecule has 13 heavy (non-hydrogen) atoms. The van der Waals surface area contributed by atoms with Gasteiger partial charge in [0.25, 0.3) is 0 Å². The Kier molecular flexibility index (Phi) is 2.67. The van der Waals surface area contributed by atoms with E-state index in [9.17, 15) is 13.9 Å². The molecule has 0 unspecified atom stereocenters. The van der Waals surface area contributed by atoms with Crippen molar-refractivity contribution in [1.82, 2.24) is 0 Å². The van der Waals surface area contributed by atoms with Crippen molar-refractivity contribution in [3.05, 3.63) is 23.5 Å². The van der Waals surface area contributed by atoms with E-state index in [2.05, 4.69) is 0 Å². The van der Waals surface area contributed by atoms with Gasteiger partial charge in [-0.1, -0.05) is 0 Å². The van der Waals surface area contributed by atoms with Crippen LogP contribution in [0.4, 0.5) is 14.5 Å². The summed E-state index contributed by atoms with van der Waals surface area (Å²) >= 11 is 0. The highest BCUT2D eigenvalue weighted by molar-refractivity contribution is 5.57. The number of anilines is 1. The molecule has 5 heteroatoms. The minimum Gasteiger partial charge on any atom is -0.505 e. The predicted octanol–water partition coefficient (Wildman–Crippen LogP) is 1.08. The summed E-state index contributed by atoms with van der Waals surface area (Å²) in [5.74, 6) is -0.999. The lowest BCUT2D eigenvalue weighted by Crippen LogP contribution is -2.13. The van der Waals surface area contributed by atoms with Gasteiger partial charge in [-0.3, -0.25) is 0 Å². The SMILES string of the molecule is Nc1cc(F)cc([C@@H](N)CF)c1O. The lowest BCUT2D eigenvalue weighted by Gasteiger charge is -2.11. The van der Waals surface area contributed by atoms with Crippen molar-refractivity contribution in [3.8, 4) is 5.75 Å². The third-order valence-electron chi connectivity index (χ3n) is 1.70. The quantitative estimate of drug-likeness (QED) is 0.480. The third kappa shape index (κ3) is 1.86. The molecule has 1 aromatic carbocycles. The Bertz CT molecular complexity index is 317. The van der Waals surface area contributed by atoms with Gasteiger partial charge < -0.3 is 16.6 Å². The Morgan fingerprint density at radius 1 is 1.46 bits per heavy atom. The number of phenolic OH excluding ortho intramolecular Hbond substituents is 1. The van der Waals surface area contributed by atoms with E-state index in [0.29, 0.717) is 0 Å². The summed E-state index contributed by atoms with van der Waals surface area (Å²) in [6.07, 6.45) is 0. The van der Waals surface area contributed by atoms with Crippen LogP contribution in [0.3, 0.4) is 0 Å². The van der Waals surface area contributed by atoms with Crippen molar-refractivity contribution in [2.45, 2.75) is 6.04 Å². The van der Waals surface area contributed by atoms with Crippen molar-refractivity contribution in [1.29, 1.82) is 0 Å². The molecule has 0 spiro atoms. The number of hydrogen-bond acceptors (Lipinski definition) is 3. The molecule has 0 fully saturated rings. The number of rotatable bonds is 2. The van der Waals surface area contributed by atoms with Gasteiger partial charge in [0, 0.05) is 11.6 Å². The second-order valence-electron chi connectivity index (χ2n) is 2.69. The smallest absolute Gasteiger partial charge is 0.143 e. The molecule has 0 saturated carbocycles. The molecule has 1 atom stereocenters. The van der Waals surface area contributed by atoms with Crippen molar-refractivity contribution < 1.29 is 13.9 Å². The molecule has 0 bridgehead atoms. The first-order valence-corrected chi connectivity index (χ1v) is 3.65. The molecule has 1 rings (SSSR count). The van der Waals surface area contributed by atoms with E-state index in [4.69, 9.17) is 11.5 Å². The fourth-order valence-electron chi connectivity index (χ4n) is 1.01. The van der Waals surface area contributed by atoms with Crippen molar-refractivity contribution in [2.24, 2.45) is 5.73 Å². The first-order valence-electron chi connectivity index (χ1n) is 3.65. The van der Waals surface area contributed by atoms with E-state index in [1.54, 1.807) is 0 Å². The zero-order valence-corrected chi connectivity index (χ0v) is 6.80. The van der Waals surface area contributed by atoms with Crippen LogP contribution < -0.4 is 11.5 Å². The Balaban J connectivity index is 3.20. The Hall–Kier alpha value is -1.36. The first-order chi connectivity index (χ1) is 6.06. The van der Waals surface area contributed by atoms with E-state index in [1.807, 2.05) is 0 Å². The molecular weight excluding hydrogens is 178 g/mol. The topological polar surface area (TPSA) is 72.3 Å². The van der Waals surface area contributed by atoms with Crippen LogP contribution in [0, 0.1) is 5.82 Å². The number of nitrogens with two attached hydrogens (primary N) is 2. The largest absolute Gasteiger partial charge is 0.505 e. The van der Waals surface area contributed by atoms with E-state index < -0.39 is 18.5 Å². The average molecular weight is 188 g/mol. The highest BCUT2D eigenvalue weighted by Gasteiger charge is 2.14. The summed E-state index contributed by atoms with van der Waals surface area (Å²) in [6, 6.07) is 0.873. The summed E-state index contributed by atoms with van der Waals surface area (Å²) in [7, 11) is 0. The zero-order chi connectivity index (χ0) is 10.0. The fraction of sp³-hybridized carbons (Fsp3) is 0.250. The van der Waals surface area contributed by atoms with Crippen LogP contribution in [-0.4, -0.2) is 11.8 Å². The number of alkyl halides is 1. The van der Waals surface area contributed by atoms with E-state index >= 15 is 0 Å². The van der Waals surface area contributed by atoms with Gasteiger partial charge in [-0.15, -0.1) is 0 Å². The van der Waals surface area contributed by atoms with Gasteiger partial charge in [0.2, 0.25) is 0 Å². The Labute approximate surface area is 74.0 Å². The van der Waals surface area contributed by atoms with Crippen LogP contribution >= 0.6 is 0 Å². The minimum absolute atomic E-state index is 0.0139. The van der Waals surface area contributed by atoms with E-state index in [0.717, 1.165) is 12.1 Å². The van der Waals surface area contributed by atoms with E-state index in [1.165, 1.54) is 0 Å². The number of phenols is 1. The Morgan fingerprint density at radius 2 is 2.08 bits per heavy atom. The Morgan fingerprint density at radius 3 is 2.62 bits per heavy atom. The number of hydrogen-bond donors (Lipinski definition) is 3. The van der Waals surface area contributed by atoms with Crippen LogP contribution in [0.2, 0.25) is 0 Å². The van der Waals surface area contributed by atoms with Crippen molar-refractivity contribution in [2.75, 3.05) is 12.4 Å². The molecule has 0 aromatic heterocycles. The van der Waals surface area contributed by atoms with Gasteiger partial charge in [0.1, 0.15) is 18.2 Å². The molecular formula is C8H10F2N2O. The van der Waals surface area contributed by atoms with Crippen LogP contribution in [0.1, 0.15) is 11.6 Å². The molecule has 1 aromatic rings. The lowest BCUT2D eigenvalue weighted by molar-refractivity contribution is 0.413. The molecule has 0 aliphatic carbocycles. The van der Waals surface area contributed by atoms with Crippen LogP contribution in [-0.2, 0) is 0 Å². The minimum atomic E-state index is -1.04. The van der Waals surface area contributed by atoms with Crippen LogP contribution in [0.5, 0.6) is 5.75 Å². The number of benzene rings is 1. The van der Waals surface area contributed by atoms with E-state index in [-0.39, 0.29) is 17.0 Å². The van der Waals surface area contributed by atoms with Crippen LogP contribution in [0.25, 0.3) is 0 Å². The van der Waals surface area contributed by atoms with Gasteiger partial charge in [0.05, 0.1) is 11.7 Å². The molecule has 0 aliphatic rings. The zero-order valence-electron chi connectivity index (χ0n) is 6.80. The van der Waals surface area contributed by atoms with Crippen LogP contribution in [0.15, 0.2) is 12.1 Å². The molecule has 0 heterocycles. The first kappa shape index (κ1) is 9.73. The maximum Gasteiger partial charge on any atom is 0.143 e. The average Bonchev–Trinajstić information content (AvgIpc) is 2.10. The molecule has 72 valence electrons. The summed E-state index contributed by atoms with van der Waals surface area (Å²) in [5.41, 5.74) is 10.4. The summed E-state index contributed by atoms with van der Waals surface area (Å²) in [4.78, 5) is 0. The number of aromatic hydroxyl groups is 1. The van der Waals surface area contributed by atoms with Gasteiger partial charge in [-0.05, 0) is 6.07 Å². The molecule has 3 nitrogen and oxygen atoms in total. The standard InChI is InChI=1S/C8H10F2N2O/c9-3-7(12)5-1-4(10)2-6(11)8(5)13/h1-2,7,13H,3,11-12H2/t7-/m0/s1. The third-order valence-corrected chi connectivity index (χ3v) is 1.70. The van der Waals surface area contributed by atoms with Gasteiger partial charge in [-0.25, -0.2) is 8.78 Å². The molecule has 5 N–H and O–H groups in total. The summed E-state index contributed by atoms with van der Waals surface area (Å²) in [6.45, 7) is -0.879. The normalized spacial score (nSPS) is 12.8. The summed E-state index contributed by atoms with van der Waals surface area (Å²) in [5, 5.41) is 9.29. The monoisotopic (exact) mass is 188 g/mol. The highest BCUT2D eigenvalue weighted by Crippen LogP contribution is 2.30. The fourth-order valence-corrected chi connectivity index (χ4v) is 1.01. The van der Waals surface area contributed by atoms with Crippen molar-refractivity contribution in [3.63, 3.8) is 0 Å². The second kappa shape index (κ2) is 3.57. The highest BCUT2D eigenvalue weighted by atomic mass is 19.1. The van der Waals surface area contributed by atoms with Gasteiger partial charge in [-0.2, -0.15) is 0 Å². The number of halogens is 2. The summed E-state index contributed by atoms with van der Waals surface area (Å²) < 4.78 is 24.9. The lowest BCUT2D eigenvalue weighted by atomic mass is 10.1. The van der Waals surface area contributed by atoms with Gasteiger partial charge >= 0.3 is 0 Å². The molecule has 0 radical (unpaired) electrons. The number of nitrogen functional groups attached to an aromatic ring is 1. The maximum absolute atomic E-state index is 12.7. The maximum atomic E-state index is 12.7. The molecule has 0 amide bonds. The molecule has 0 aliphatic heterocycles. The van der Waals surface area contributed by atoms with Gasteiger partial charge in [0.15, 0.2) is 0 Å². The van der Waals surface area contributed by atoms with Crippen molar-refractivity contribution >= 4 is 5.69 Å².